The van der Waals surface area contributed by atoms with Crippen molar-refractivity contribution in [2.24, 2.45) is 0 Å². The molecule has 0 fully saturated rings. The average Bonchev–Trinajstić information content (AvgIpc) is 2.31. The van der Waals surface area contributed by atoms with Crippen LogP contribution in [0, 0.1) is 0 Å². The zero-order chi connectivity index (χ0) is 11.4. The summed E-state index contributed by atoms with van der Waals surface area (Å²) in [6.07, 6.45) is 0. The molecule has 0 amide bonds. The van der Waals surface area contributed by atoms with Gasteiger partial charge in [-0.2, -0.15) is 0 Å². The number of halogens is 2. The summed E-state index contributed by atoms with van der Waals surface area (Å²) in [4.78, 5) is 0. The number of alkyl halides is 2. The van der Waals surface area contributed by atoms with Crippen molar-refractivity contribution in [1.29, 1.82) is 0 Å². The topological polar surface area (TPSA) is 9.23 Å². The molecular weight excluding hydrogens is 332 g/mol. The highest BCUT2D eigenvalue weighted by Gasteiger charge is 2.27. The number of hydrogen-bond acceptors (Lipinski definition) is 1. The van der Waals surface area contributed by atoms with Gasteiger partial charge in [-0.05, 0) is 44.0 Å². The third-order valence-electron chi connectivity index (χ3n) is 2.10. The zero-order valence-corrected chi connectivity index (χ0v) is 11.6. The highest BCUT2D eigenvalue weighted by atomic mass is 79.9. The first kappa shape index (κ1) is 11.7. The van der Waals surface area contributed by atoms with Crippen LogP contribution in [0.5, 0.6) is 5.75 Å². The van der Waals surface area contributed by atoms with Crippen molar-refractivity contribution in [3.8, 4) is 5.75 Å². The van der Waals surface area contributed by atoms with Crippen LogP contribution >= 0.6 is 31.9 Å². The van der Waals surface area contributed by atoms with Gasteiger partial charge in [-0.3, -0.25) is 0 Å². The van der Waals surface area contributed by atoms with Crippen molar-refractivity contribution in [2.75, 3.05) is 0 Å². The van der Waals surface area contributed by atoms with E-state index >= 15 is 0 Å². The van der Waals surface area contributed by atoms with Crippen LogP contribution in [0.4, 0.5) is 0 Å². The van der Waals surface area contributed by atoms with Crippen LogP contribution in [0.15, 0.2) is 60.7 Å². The SMILES string of the molecule is BrC(Br)(Oc1ccccc1)c1ccccc1. The smallest absolute Gasteiger partial charge is 0.243 e. The third-order valence-corrected chi connectivity index (χ3v) is 3.34. The van der Waals surface area contributed by atoms with E-state index in [1.54, 1.807) is 0 Å². The van der Waals surface area contributed by atoms with Crippen LogP contribution in [-0.4, -0.2) is 0 Å². The molecule has 0 aliphatic heterocycles. The van der Waals surface area contributed by atoms with Gasteiger partial charge in [-0.15, -0.1) is 0 Å². The standard InChI is InChI=1S/C13H10Br2O/c14-13(15,11-7-3-1-4-8-11)16-12-9-5-2-6-10-12/h1-10H. The first-order chi connectivity index (χ1) is 7.68. The Morgan fingerprint density at radius 1 is 0.750 bits per heavy atom. The summed E-state index contributed by atoms with van der Waals surface area (Å²) in [5, 5.41) is 0. The summed E-state index contributed by atoms with van der Waals surface area (Å²) in [7, 11) is 0. The monoisotopic (exact) mass is 340 g/mol. The fraction of sp³-hybridized carbons (Fsp3) is 0.0769. The summed E-state index contributed by atoms with van der Waals surface area (Å²) >= 11 is 7.04. The van der Waals surface area contributed by atoms with Gasteiger partial charge >= 0.3 is 0 Å². The fourth-order valence-corrected chi connectivity index (χ4v) is 2.23. The lowest BCUT2D eigenvalue weighted by Gasteiger charge is -2.22. The van der Waals surface area contributed by atoms with Gasteiger partial charge < -0.3 is 4.74 Å². The van der Waals surface area contributed by atoms with Crippen LogP contribution in [0.25, 0.3) is 0 Å². The second-order valence-electron chi connectivity index (χ2n) is 3.30. The Bertz CT molecular complexity index is 440. The molecule has 82 valence electrons. The van der Waals surface area contributed by atoms with Crippen molar-refractivity contribution < 1.29 is 4.74 Å². The Morgan fingerprint density at radius 3 is 1.81 bits per heavy atom. The largest absolute Gasteiger partial charge is 0.462 e. The van der Waals surface area contributed by atoms with Crippen molar-refractivity contribution in [3.05, 3.63) is 66.2 Å². The summed E-state index contributed by atoms with van der Waals surface area (Å²) in [6.45, 7) is 0. The van der Waals surface area contributed by atoms with Gasteiger partial charge in [-0.25, -0.2) is 0 Å². The second kappa shape index (κ2) is 5.02. The van der Waals surface area contributed by atoms with Gasteiger partial charge in [0.15, 0.2) is 0 Å². The molecule has 0 aliphatic carbocycles. The molecule has 0 radical (unpaired) electrons. The lowest BCUT2D eigenvalue weighted by atomic mass is 10.2. The molecule has 3 heteroatoms. The van der Waals surface area contributed by atoms with Crippen LogP contribution in [0.2, 0.25) is 0 Å². The highest BCUT2D eigenvalue weighted by molar-refractivity contribution is 9.24. The van der Waals surface area contributed by atoms with E-state index in [2.05, 4.69) is 31.9 Å². The zero-order valence-electron chi connectivity index (χ0n) is 8.44. The second-order valence-corrected chi connectivity index (χ2v) is 6.60. The molecule has 1 nitrogen and oxygen atoms in total. The Hall–Kier alpha value is -0.800. The van der Waals surface area contributed by atoms with E-state index in [1.165, 1.54) is 0 Å². The van der Waals surface area contributed by atoms with E-state index < -0.39 is 3.42 Å². The molecular formula is C13H10Br2O. The molecule has 0 N–H and O–H groups in total. The highest BCUT2D eigenvalue weighted by Crippen LogP contribution is 2.39. The predicted octanol–water partition coefficient (Wildman–Crippen LogP) is 4.67. The first-order valence-electron chi connectivity index (χ1n) is 4.86. The summed E-state index contributed by atoms with van der Waals surface area (Å²) < 4.78 is 5.14. The molecule has 0 aliphatic rings. The molecule has 2 aromatic rings. The lowest BCUT2D eigenvalue weighted by Crippen LogP contribution is -2.17. The molecule has 16 heavy (non-hydrogen) atoms. The van der Waals surface area contributed by atoms with Gasteiger partial charge in [-0.1, -0.05) is 48.5 Å². The van der Waals surface area contributed by atoms with Crippen molar-refractivity contribution >= 4 is 31.9 Å². The van der Waals surface area contributed by atoms with E-state index in [1.807, 2.05) is 60.7 Å². The predicted molar refractivity (Wildman–Crippen MR) is 73.0 cm³/mol. The Kier molecular flexibility index (Phi) is 3.66. The van der Waals surface area contributed by atoms with Crippen molar-refractivity contribution in [3.63, 3.8) is 0 Å². The van der Waals surface area contributed by atoms with Crippen LogP contribution in [0.3, 0.4) is 0 Å². The van der Waals surface area contributed by atoms with Gasteiger partial charge in [0.25, 0.3) is 0 Å². The number of rotatable bonds is 3. The molecule has 0 spiro atoms. The van der Waals surface area contributed by atoms with Gasteiger partial charge in [0, 0.05) is 5.56 Å². The molecule has 2 rings (SSSR count). The lowest BCUT2D eigenvalue weighted by molar-refractivity contribution is 0.275. The van der Waals surface area contributed by atoms with Crippen molar-refractivity contribution in [1.82, 2.24) is 0 Å². The van der Waals surface area contributed by atoms with Gasteiger partial charge in [0.1, 0.15) is 5.75 Å². The van der Waals surface area contributed by atoms with E-state index in [-0.39, 0.29) is 0 Å². The Labute approximate surface area is 112 Å². The minimum atomic E-state index is -0.678. The third kappa shape index (κ3) is 2.86. The Morgan fingerprint density at radius 2 is 1.25 bits per heavy atom. The molecule has 0 atom stereocenters. The van der Waals surface area contributed by atoms with Crippen LogP contribution in [0.1, 0.15) is 5.56 Å². The maximum absolute atomic E-state index is 5.82. The maximum atomic E-state index is 5.82. The number of benzene rings is 2. The molecule has 0 unspecified atom stereocenters. The van der Waals surface area contributed by atoms with Crippen molar-refractivity contribution in [2.45, 2.75) is 3.42 Å². The molecule has 0 heterocycles. The van der Waals surface area contributed by atoms with E-state index in [0.29, 0.717) is 0 Å². The first-order valence-corrected chi connectivity index (χ1v) is 6.44. The average molecular weight is 342 g/mol. The quantitative estimate of drug-likeness (QED) is 0.737. The Balaban J connectivity index is 2.21. The van der Waals surface area contributed by atoms with Crippen LogP contribution in [-0.2, 0) is 3.42 Å². The molecule has 0 aromatic heterocycles. The fourth-order valence-electron chi connectivity index (χ4n) is 1.33. The molecule has 2 aromatic carbocycles. The number of para-hydroxylation sites is 1. The molecule has 0 saturated heterocycles. The van der Waals surface area contributed by atoms with Crippen LogP contribution < -0.4 is 4.74 Å². The molecule has 0 saturated carbocycles. The van der Waals surface area contributed by atoms with E-state index in [4.69, 9.17) is 4.74 Å². The normalized spacial score (nSPS) is 11.1. The maximum Gasteiger partial charge on any atom is 0.243 e. The minimum absolute atomic E-state index is 0.678. The van der Waals surface area contributed by atoms with Gasteiger partial charge in [0.05, 0.1) is 0 Å². The minimum Gasteiger partial charge on any atom is -0.462 e. The van der Waals surface area contributed by atoms with E-state index in [0.717, 1.165) is 11.3 Å². The summed E-state index contributed by atoms with van der Waals surface area (Å²) in [5.74, 6) is 0.806. The summed E-state index contributed by atoms with van der Waals surface area (Å²) in [5.41, 5.74) is 1.01. The van der Waals surface area contributed by atoms with Gasteiger partial charge in [0.2, 0.25) is 3.42 Å². The number of ether oxygens (including phenoxy) is 1. The summed E-state index contributed by atoms with van der Waals surface area (Å²) in [6, 6.07) is 19.6. The molecule has 0 bridgehead atoms. The number of hydrogen-bond donors (Lipinski definition) is 0. The van der Waals surface area contributed by atoms with E-state index in [9.17, 15) is 0 Å².